The summed E-state index contributed by atoms with van der Waals surface area (Å²) in [5.41, 5.74) is 4.56. The van der Waals surface area contributed by atoms with Crippen LogP contribution in [-0.4, -0.2) is 30.3 Å². The van der Waals surface area contributed by atoms with E-state index < -0.39 is 11.6 Å². The lowest BCUT2D eigenvalue weighted by Gasteiger charge is -2.23. The zero-order valence-corrected chi connectivity index (χ0v) is 6.26. The minimum atomic E-state index is -0.894. The lowest BCUT2D eigenvalue weighted by molar-refractivity contribution is -0.142. The molecule has 0 fully saturated rings. The molecule has 60 valence electrons. The van der Waals surface area contributed by atoms with E-state index in [1.165, 1.54) is 7.11 Å². The Labute approximate surface area is 60.0 Å². The molecule has 0 aliphatic heterocycles. The van der Waals surface area contributed by atoms with Crippen molar-refractivity contribution in [2.24, 2.45) is 5.73 Å². The van der Waals surface area contributed by atoms with Crippen molar-refractivity contribution in [3.63, 3.8) is 0 Å². The van der Waals surface area contributed by atoms with Crippen LogP contribution in [0.4, 0.5) is 0 Å². The number of carboxylic acids is 1. The number of nitrogens with two attached hydrogens (primary N) is 1. The van der Waals surface area contributed by atoms with E-state index in [4.69, 9.17) is 15.6 Å². The van der Waals surface area contributed by atoms with Gasteiger partial charge < -0.3 is 15.6 Å². The predicted octanol–water partition coefficient (Wildman–Crippen LogP) is -0.175. The summed E-state index contributed by atoms with van der Waals surface area (Å²) in [4.78, 5) is 10.2. The van der Waals surface area contributed by atoms with E-state index in [9.17, 15) is 4.79 Å². The number of rotatable bonds is 4. The molecule has 0 aromatic carbocycles. The maximum Gasteiger partial charge on any atom is 0.306 e. The zero-order chi connectivity index (χ0) is 8.20. The molecule has 0 aromatic heterocycles. The summed E-state index contributed by atoms with van der Waals surface area (Å²) in [6, 6.07) is 0. The van der Waals surface area contributed by atoms with Crippen molar-refractivity contribution in [1.29, 1.82) is 0 Å². The Hall–Kier alpha value is -0.610. The zero-order valence-electron chi connectivity index (χ0n) is 6.26. The molecule has 0 heterocycles. The van der Waals surface area contributed by atoms with Gasteiger partial charge in [0.15, 0.2) is 0 Å². The van der Waals surface area contributed by atoms with Gasteiger partial charge in [-0.25, -0.2) is 0 Å². The van der Waals surface area contributed by atoms with Crippen LogP contribution in [0.2, 0.25) is 0 Å². The van der Waals surface area contributed by atoms with E-state index in [-0.39, 0.29) is 13.0 Å². The van der Waals surface area contributed by atoms with Crippen LogP contribution in [0.5, 0.6) is 0 Å². The molecule has 0 rings (SSSR count). The standard InChI is InChI=1S/C6H13NO3/c1-6(4-7,10-2)3-5(8)9/h3-4,7H2,1-2H3,(H,8,9). The van der Waals surface area contributed by atoms with Gasteiger partial charge in [-0.1, -0.05) is 0 Å². The van der Waals surface area contributed by atoms with Crippen molar-refractivity contribution in [1.82, 2.24) is 0 Å². The van der Waals surface area contributed by atoms with Gasteiger partial charge in [0.1, 0.15) is 0 Å². The van der Waals surface area contributed by atoms with Crippen LogP contribution in [-0.2, 0) is 9.53 Å². The highest BCUT2D eigenvalue weighted by Crippen LogP contribution is 2.11. The number of aliphatic carboxylic acids is 1. The molecule has 4 nitrogen and oxygen atoms in total. The van der Waals surface area contributed by atoms with Crippen LogP contribution in [0, 0.1) is 0 Å². The van der Waals surface area contributed by atoms with Crippen molar-refractivity contribution in [3.8, 4) is 0 Å². The van der Waals surface area contributed by atoms with Gasteiger partial charge in [0.05, 0.1) is 12.0 Å². The first-order chi connectivity index (χ1) is 4.54. The van der Waals surface area contributed by atoms with E-state index in [2.05, 4.69) is 0 Å². The van der Waals surface area contributed by atoms with Crippen LogP contribution >= 0.6 is 0 Å². The summed E-state index contributed by atoms with van der Waals surface area (Å²) in [5, 5.41) is 8.38. The second-order valence-electron chi connectivity index (χ2n) is 2.43. The number of carbonyl (C=O) groups is 1. The largest absolute Gasteiger partial charge is 0.481 e. The molecule has 0 saturated carbocycles. The van der Waals surface area contributed by atoms with Crippen LogP contribution in [0.15, 0.2) is 0 Å². The van der Waals surface area contributed by atoms with Crippen LogP contribution in [0.25, 0.3) is 0 Å². The molecule has 0 aromatic rings. The maximum atomic E-state index is 10.2. The minimum absolute atomic E-state index is 0.0556. The molecule has 0 bridgehead atoms. The summed E-state index contributed by atoms with van der Waals surface area (Å²) >= 11 is 0. The molecule has 1 atom stereocenters. The molecule has 10 heavy (non-hydrogen) atoms. The molecule has 4 heteroatoms. The fourth-order valence-corrected chi connectivity index (χ4v) is 0.548. The number of carboxylic acid groups (broad SMARTS) is 1. The van der Waals surface area contributed by atoms with Crippen LogP contribution in [0.3, 0.4) is 0 Å². The average Bonchev–Trinajstić information content (AvgIpc) is 1.87. The molecule has 0 amide bonds. The van der Waals surface area contributed by atoms with E-state index in [0.29, 0.717) is 0 Å². The Morgan fingerprint density at radius 2 is 2.30 bits per heavy atom. The van der Waals surface area contributed by atoms with Gasteiger partial charge in [0, 0.05) is 13.7 Å². The highest BCUT2D eigenvalue weighted by Gasteiger charge is 2.24. The first kappa shape index (κ1) is 9.39. The Bertz CT molecular complexity index is 120. The molecule has 1 unspecified atom stereocenters. The number of ether oxygens (including phenoxy) is 1. The maximum absolute atomic E-state index is 10.2. The first-order valence-electron chi connectivity index (χ1n) is 3.01. The van der Waals surface area contributed by atoms with Crippen molar-refractivity contribution >= 4 is 5.97 Å². The third-order valence-corrected chi connectivity index (χ3v) is 1.45. The highest BCUT2D eigenvalue weighted by atomic mass is 16.5. The Morgan fingerprint density at radius 3 is 2.40 bits per heavy atom. The molecule has 0 spiro atoms. The lowest BCUT2D eigenvalue weighted by Crippen LogP contribution is -2.38. The van der Waals surface area contributed by atoms with Crippen molar-refractivity contribution < 1.29 is 14.6 Å². The summed E-state index contributed by atoms with van der Waals surface area (Å²) in [6.45, 7) is 1.89. The number of hydrogen-bond donors (Lipinski definition) is 2. The minimum Gasteiger partial charge on any atom is -0.481 e. The summed E-state index contributed by atoms with van der Waals surface area (Å²) in [7, 11) is 1.45. The lowest BCUT2D eigenvalue weighted by atomic mass is 10.0. The van der Waals surface area contributed by atoms with E-state index in [1.54, 1.807) is 6.92 Å². The number of hydrogen-bond acceptors (Lipinski definition) is 3. The molecule has 0 radical (unpaired) electrons. The third-order valence-electron chi connectivity index (χ3n) is 1.45. The van der Waals surface area contributed by atoms with E-state index in [1.807, 2.05) is 0 Å². The predicted molar refractivity (Wildman–Crippen MR) is 36.7 cm³/mol. The molecule has 0 aliphatic rings. The smallest absolute Gasteiger partial charge is 0.306 e. The van der Waals surface area contributed by atoms with Gasteiger partial charge in [-0.15, -0.1) is 0 Å². The van der Waals surface area contributed by atoms with Gasteiger partial charge in [-0.05, 0) is 6.92 Å². The van der Waals surface area contributed by atoms with E-state index in [0.717, 1.165) is 0 Å². The second-order valence-corrected chi connectivity index (χ2v) is 2.43. The van der Waals surface area contributed by atoms with Crippen molar-refractivity contribution in [2.45, 2.75) is 18.9 Å². The van der Waals surface area contributed by atoms with Crippen LogP contribution in [0.1, 0.15) is 13.3 Å². The molecule has 0 aliphatic carbocycles. The van der Waals surface area contributed by atoms with E-state index >= 15 is 0 Å². The topological polar surface area (TPSA) is 72.5 Å². The quantitative estimate of drug-likeness (QED) is 0.578. The van der Waals surface area contributed by atoms with Gasteiger partial charge in [0.25, 0.3) is 0 Å². The second kappa shape index (κ2) is 3.53. The van der Waals surface area contributed by atoms with Crippen LogP contribution < -0.4 is 5.73 Å². The normalized spacial score (nSPS) is 16.3. The molecular weight excluding hydrogens is 134 g/mol. The average molecular weight is 147 g/mol. The Morgan fingerprint density at radius 1 is 1.80 bits per heavy atom. The van der Waals surface area contributed by atoms with Crippen molar-refractivity contribution in [2.75, 3.05) is 13.7 Å². The summed E-state index contributed by atoms with van der Waals surface area (Å²) < 4.78 is 4.89. The summed E-state index contributed by atoms with van der Waals surface area (Å²) in [5.74, 6) is -0.894. The van der Waals surface area contributed by atoms with Gasteiger partial charge in [-0.2, -0.15) is 0 Å². The third kappa shape index (κ3) is 2.80. The highest BCUT2D eigenvalue weighted by molar-refractivity contribution is 5.68. The van der Waals surface area contributed by atoms with Gasteiger partial charge in [0.2, 0.25) is 0 Å². The summed E-state index contributed by atoms with van der Waals surface area (Å²) in [6.07, 6.45) is -0.0556. The monoisotopic (exact) mass is 147 g/mol. The van der Waals surface area contributed by atoms with Gasteiger partial charge in [-0.3, -0.25) is 4.79 Å². The Kier molecular flexibility index (Phi) is 3.32. The number of methoxy groups -OCH3 is 1. The first-order valence-corrected chi connectivity index (χ1v) is 3.01. The van der Waals surface area contributed by atoms with Crippen molar-refractivity contribution in [3.05, 3.63) is 0 Å². The molecule has 0 saturated heterocycles. The van der Waals surface area contributed by atoms with Gasteiger partial charge >= 0.3 is 5.97 Å². The Balaban J connectivity index is 3.92. The SMILES string of the molecule is COC(C)(CN)CC(=O)O. The molecule has 3 N–H and O–H groups in total. The fraction of sp³-hybridized carbons (Fsp3) is 0.833. The fourth-order valence-electron chi connectivity index (χ4n) is 0.548. The molecular formula is C6H13NO3.